The Morgan fingerprint density at radius 1 is 0.909 bits per heavy atom. The third kappa shape index (κ3) is 2.91. The van der Waals surface area contributed by atoms with Gasteiger partial charge in [0.1, 0.15) is 0 Å². The highest BCUT2D eigenvalue weighted by atomic mass is 16.1. The molecule has 0 heterocycles. The van der Waals surface area contributed by atoms with Gasteiger partial charge in [-0.2, -0.15) is 0 Å². The van der Waals surface area contributed by atoms with Crippen LogP contribution in [-0.4, -0.2) is 5.91 Å². The van der Waals surface area contributed by atoms with Gasteiger partial charge in [0.2, 0.25) is 0 Å². The summed E-state index contributed by atoms with van der Waals surface area (Å²) in [6.07, 6.45) is 1.75. The third-order valence-electron chi connectivity index (χ3n) is 3.69. The predicted molar refractivity (Wildman–Crippen MR) is 90.8 cm³/mol. The highest BCUT2D eigenvalue weighted by Gasteiger charge is 2.12. The molecule has 0 unspecified atom stereocenters. The Bertz CT molecular complexity index is 808. The summed E-state index contributed by atoms with van der Waals surface area (Å²) >= 11 is 0. The summed E-state index contributed by atoms with van der Waals surface area (Å²) in [5.41, 5.74) is 1.67. The van der Waals surface area contributed by atoms with Crippen molar-refractivity contribution in [3.63, 3.8) is 0 Å². The van der Waals surface area contributed by atoms with Crippen molar-refractivity contribution in [2.45, 2.75) is 6.04 Å². The zero-order valence-electron chi connectivity index (χ0n) is 12.2. The Labute approximate surface area is 130 Å². The van der Waals surface area contributed by atoms with Crippen molar-refractivity contribution in [1.29, 1.82) is 0 Å². The molecule has 1 atom stereocenters. The average Bonchev–Trinajstić information content (AvgIpc) is 2.59. The number of benzene rings is 3. The van der Waals surface area contributed by atoms with Crippen LogP contribution in [0.1, 0.15) is 22.0 Å². The number of rotatable bonds is 4. The van der Waals surface area contributed by atoms with E-state index in [1.807, 2.05) is 36.4 Å². The van der Waals surface area contributed by atoms with Crippen molar-refractivity contribution in [2.75, 3.05) is 0 Å². The van der Waals surface area contributed by atoms with Gasteiger partial charge in [0, 0.05) is 5.56 Å². The molecule has 3 rings (SSSR count). The van der Waals surface area contributed by atoms with Gasteiger partial charge in [0.15, 0.2) is 0 Å². The molecule has 2 heteroatoms. The number of carbonyl (C=O) groups is 1. The van der Waals surface area contributed by atoms with E-state index in [0.717, 1.165) is 10.9 Å². The molecule has 0 aliphatic carbocycles. The monoisotopic (exact) mass is 287 g/mol. The molecule has 0 bridgehead atoms. The van der Waals surface area contributed by atoms with Crippen LogP contribution in [0.25, 0.3) is 10.8 Å². The molecule has 2 nitrogen and oxygen atoms in total. The Morgan fingerprint density at radius 2 is 1.59 bits per heavy atom. The zero-order chi connectivity index (χ0) is 15.4. The second-order valence-corrected chi connectivity index (χ2v) is 5.16. The maximum absolute atomic E-state index is 12.3. The smallest absolute Gasteiger partial charge is 0.252 e. The second-order valence-electron chi connectivity index (χ2n) is 5.16. The molecule has 0 fully saturated rings. The maximum atomic E-state index is 12.3. The second kappa shape index (κ2) is 6.27. The fourth-order valence-electron chi connectivity index (χ4n) is 2.49. The number of hydrogen-bond acceptors (Lipinski definition) is 1. The topological polar surface area (TPSA) is 29.1 Å². The van der Waals surface area contributed by atoms with E-state index in [1.165, 1.54) is 5.39 Å². The van der Waals surface area contributed by atoms with Gasteiger partial charge in [-0.15, -0.1) is 6.58 Å². The number of amides is 1. The molecule has 0 aliphatic heterocycles. The highest BCUT2D eigenvalue weighted by molar-refractivity contribution is 5.94. The van der Waals surface area contributed by atoms with Crippen LogP contribution in [0.4, 0.5) is 0 Å². The summed E-state index contributed by atoms with van der Waals surface area (Å²) in [6.45, 7) is 3.85. The molecule has 0 saturated carbocycles. The molecular weight excluding hydrogens is 270 g/mol. The summed E-state index contributed by atoms with van der Waals surface area (Å²) in [6, 6.07) is 23.4. The van der Waals surface area contributed by atoms with Crippen molar-refractivity contribution in [3.8, 4) is 0 Å². The quantitative estimate of drug-likeness (QED) is 0.703. The highest BCUT2D eigenvalue weighted by Crippen LogP contribution is 2.21. The Morgan fingerprint density at radius 3 is 2.32 bits per heavy atom. The molecule has 0 aromatic heterocycles. The molecule has 0 radical (unpaired) electrons. The van der Waals surface area contributed by atoms with E-state index in [0.29, 0.717) is 5.56 Å². The van der Waals surface area contributed by atoms with Crippen molar-refractivity contribution in [2.24, 2.45) is 0 Å². The fourth-order valence-corrected chi connectivity index (χ4v) is 2.49. The van der Waals surface area contributed by atoms with E-state index >= 15 is 0 Å². The van der Waals surface area contributed by atoms with Gasteiger partial charge in [-0.25, -0.2) is 0 Å². The lowest BCUT2D eigenvalue weighted by molar-refractivity contribution is 0.0944. The molecule has 1 N–H and O–H groups in total. The lowest BCUT2D eigenvalue weighted by atomic mass is 10.0. The molecule has 22 heavy (non-hydrogen) atoms. The first kappa shape index (κ1) is 14.1. The van der Waals surface area contributed by atoms with E-state index in [9.17, 15) is 4.79 Å². The lowest BCUT2D eigenvalue weighted by Gasteiger charge is -2.16. The van der Waals surface area contributed by atoms with Crippen LogP contribution in [0.3, 0.4) is 0 Å². The number of hydrogen-bond donors (Lipinski definition) is 1. The minimum Gasteiger partial charge on any atom is -0.342 e. The van der Waals surface area contributed by atoms with Gasteiger partial charge in [-0.05, 0) is 34.5 Å². The van der Waals surface area contributed by atoms with E-state index in [4.69, 9.17) is 0 Å². The molecule has 0 saturated heterocycles. The van der Waals surface area contributed by atoms with Gasteiger partial charge in [-0.1, -0.05) is 60.7 Å². The van der Waals surface area contributed by atoms with Gasteiger partial charge in [-0.3, -0.25) is 4.79 Å². The lowest BCUT2D eigenvalue weighted by Crippen LogP contribution is -2.27. The van der Waals surface area contributed by atoms with Crippen LogP contribution in [0.15, 0.2) is 85.5 Å². The first-order valence-corrected chi connectivity index (χ1v) is 7.25. The van der Waals surface area contributed by atoms with E-state index in [-0.39, 0.29) is 11.9 Å². The summed E-state index contributed by atoms with van der Waals surface area (Å²) < 4.78 is 0. The summed E-state index contributed by atoms with van der Waals surface area (Å²) in [4.78, 5) is 12.3. The Hall–Kier alpha value is -2.87. The van der Waals surface area contributed by atoms with Crippen LogP contribution in [0.5, 0.6) is 0 Å². The van der Waals surface area contributed by atoms with Crippen molar-refractivity contribution in [1.82, 2.24) is 5.32 Å². The SMILES string of the molecule is C=C[C@H](NC(=O)c1ccccc1)c1ccc2ccccc2c1. The summed E-state index contributed by atoms with van der Waals surface area (Å²) in [5, 5.41) is 5.34. The van der Waals surface area contributed by atoms with Gasteiger partial charge >= 0.3 is 0 Å². The fraction of sp³-hybridized carbons (Fsp3) is 0.0500. The van der Waals surface area contributed by atoms with Crippen molar-refractivity contribution >= 4 is 16.7 Å². The van der Waals surface area contributed by atoms with Crippen LogP contribution in [0.2, 0.25) is 0 Å². The molecule has 0 spiro atoms. The van der Waals surface area contributed by atoms with Crippen LogP contribution < -0.4 is 5.32 Å². The van der Waals surface area contributed by atoms with Gasteiger partial charge < -0.3 is 5.32 Å². The predicted octanol–water partition coefficient (Wildman–Crippen LogP) is 4.50. The Balaban J connectivity index is 1.86. The largest absolute Gasteiger partial charge is 0.342 e. The van der Waals surface area contributed by atoms with Gasteiger partial charge in [0.05, 0.1) is 6.04 Å². The maximum Gasteiger partial charge on any atom is 0.252 e. The molecule has 3 aromatic carbocycles. The Kier molecular flexibility index (Phi) is 4.01. The minimum atomic E-state index is -0.211. The van der Waals surface area contributed by atoms with Crippen molar-refractivity contribution in [3.05, 3.63) is 96.6 Å². The van der Waals surface area contributed by atoms with E-state index in [1.54, 1.807) is 18.2 Å². The van der Waals surface area contributed by atoms with Crippen LogP contribution in [-0.2, 0) is 0 Å². The van der Waals surface area contributed by atoms with Crippen LogP contribution >= 0.6 is 0 Å². The van der Waals surface area contributed by atoms with Gasteiger partial charge in [0.25, 0.3) is 5.91 Å². The van der Waals surface area contributed by atoms with E-state index < -0.39 is 0 Å². The molecule has 3 aromatic rings. The molecule has 0 aliphatic rings. The first-order valence-electron chi connectivity index (χ1n) is 7.25. The number of nitrogens with one attached hydrogen (secondary N) is 1. The zero-order valence-corrected chi connectivity index (χ0v) is 12.2. The molecular formula is C20H17NO. The standard InChI is InChI=1S/C20H17NO/c1-2-19(21-20(22)16-9-4-3-5-10-16)18-13-12-15-8-6-7-11-17(15)14-18/h2-14,19H,1H2,(H,21,22)/t19-/m0/s1. The number of fused-ring (bicyclic) bond motifs is 1. The summed E-state index contributed by atoms with van der Waals surface area (Å²) in [7, 11) is 0. The molecule has 108 valence electrons. The normalized spacial score (nSPS) is 11.8. The average molecular weight is 287 g/mol. The van der Waals surface area contributed by atoms with Crippen molar-refractivity contribution < 1.29 is 4.79 Å². The minimum absolute atomic E-state index is 0.0985. The van der Waals surface area contributed by atoms with E-state index in [2.05, 4.69) is 36.2 Å². The first-order chi connectivity index (χ1) is 10.8. The third-order valence-corrected chi connectivity index (χ3v) is 3.69. The molecule has 1 amide bonds. The van der Waals surface area contributed by atoms with Crippen LogP contribution in [0, 0.1) is 0 Å². The summed E-state index contributed by atoms with van der Waals surface area (Å²) in [5.74, 6) is -0.0985. The number of carbonyl (C=O) groups excluding carboxylic acids is 1.